The van der Waals surface area contributed by atoms with E-state index in [1.807, 2.05) is 30.8 Å². The van der Waals surface area contributed by atoms with Crippen molar-refractivity contribution in [2.75, 3.05) is 28.2 Å². The van der Waals surface area contributed by atoms with E-state index in [9.17, 15) is 0 Å². The summed E-state index contributed by atoms with van der Waals surface area (Å²) in [5, 5.41) is 11.1. The van der Waals surface area contributed by atoms with Crippen LogP contribution >= 0.6 is 0 Å². The second kappa shape index (κ2) is 4.10. The van der Waals surface area contributed by atoms with E-state index in [0.717, 1.165) is 5.69 Å². The molecule has 2 rings (SSSR count). The van der Waals surface area contributed by atoms with Crippen molar-refractivity contribution in [3.05, 3.63) is 18.3 Å². The molecule has 1 aliphatic heterocycles. The van der Waals surface area contributed by atoms with E-state index >= 15 is 0 Å². The highest BCUT2D eigenvalue weighted by Crippen LogP contribution is 2.37. The molecule has 90 valence electrons. The van der Waals surface area contributed by atoms with E-state index in [-0.39, 0.29) is 4.76 Å². The van der Waals surface area contributed by atoms with E-state index in [0.29, 0.717) is 11.8 Å². The first-order valence-electron chi connectivity index (χ1n) is 5.24. The Kier molecular flexibility index (Phi) is 2.76. The van der Waals surface area contributed by atoms with Gasteiger partial charge in [-0.25, -0.2) is 9.89 Å². The molecule has 0 fully saturated rings. The van der Waals surface area contributed by atoms with Gasteiger partial charge in [0.2, 0.25) is 0 Å². The number of quaternary nitrogens is 1. The number of nitrogens with one attached hydrogen (secondary N) is 1. The van der Waals surface area contributed by atoms with Crippen LogP contribution in [0.1, 0.15) is 0 Å². The number of hydrogen-bond donors (Lipinski definition) is 1. The molecule has 0 spiro atoms. The molecular weight excluding hydrogens is 220 g/mol. The van der Waals surface area contributed by atoms with Crippen molar-refractivity contribution in [3.8, 4) is 0 Å². The summed E-state index contributed by atoms with van der Waals surface area (Å²) in [6, 6.07) is 4.26. The summed E-state index contributed by atoms with van der Waals surface area (Å²) in [7, 11) is 7.33. The zero-order valence-electron chi connectivity index (χ0n) is 10.4. The first kappa shape index (κ1) is 11.5. The molecule has 7 heteroatoms. The van der Waals surface area contributed by atoms with Gasteiger partial charge < -0.3 is 0 Å². The normalized spacial score (nSPS) is 20.9. The van der Waals surface area contributed by atoms with Crippen LogP contribution in [0.2, 0.25) is 0 Å². The highest BCUT2D eigenvalue weighted by atomic mass is 16.8. The van der Waals surface area contributed by atoms with Gasteiger partial charge in [0.1, 0.15) is 7.05 Å². The van der Waals surface area contributed by atoms with E-state index in [1.165, 1.54) is 0 Å². The number of hydrogen-bond acceptors (Lipinski definition) is 4. The number of pyridine rings is 1. The molecule has 1 aliphatic rings. The predicted molar refractivity (Wildman–Crippen MR) is 63.7 cm³/mol. The van der Waals surface area contributed by atoms with Crippen molar-refractivity contribution >= 4 is 17.5 Å². The molecule has 1 unspecified atom stereocenters. The van der Waals surface area contributed by atoms with Crippen LogP contribution in [0.3, 0.4) is 0 Å². The van der Waals surface area contributed by atoms with Crippen LogP contribution in [0.25, 0.3) is 0 Å². The number of hydroxylamine groups is 1. The standard InChI is InChI=1S/C10H15N6O/c1-11-10(15(2)3)17-16(4)9-8(13-14-16)6-5-7-12-9/h5-7H,1-4H3/q+1/p+1. The molecule has 0 amide bonds. The van der Waals surface area contributed by atoms with Crippen LogP contribution in [0, 0.1) is 0 Å². The summed E-state index contributed by atoms with van der Waals surface area (Å²) in [4.78, 5) is 10.0. The highest BCUT2D eigenvalue weighted by Gasteiger charge is 2.42. The lowest BCUT2D eigenvalue weighted by Gasteiger charge is -2.16. The Morgan fingerprint density at radius 3 is 2.88 bits per heavy atom. The van der Waals surface area contributed by atoms with Gasteiger partial charge in [-0.05, 0) is 12.1 Å². The average Bonchev–Trinajstić information content (AvgIpc) is 2.65. The average molecular weight is 236 g/mol. The maximum atomic E-state index is 5.78. The fraction of sp³-hybridized carbons (Fsp3) is 0.400. The van der Waals surface area contributed by atoms with Gasteiger partial charge in [0.25, 0.3) is 0 Å². The molecule has 0 saturated carbocycles. The minimum Gasteiger partial charge on any atom is -0.240 e. The monoisotopic (exact) mass is 236 g/mol. The Bertz CT molecular complexity index is 493. The van der Waals surface area contributed by atoms with Gasteiger partial charge >= 0.3 is 11.8 Å². The molecule has 0 radical (unpaired) electrons. The van der Waals surface area contributed by atoms with Crippen LogP contribution in [-0.2, 0) is 4.84 Å². The van der Waals surface area contributed by atoms with Crippen molar-refractivity contribution in [3.63, 3.8) is 0 Å². The molecule has 0 saturated heterocycles. The first-order valence-corrected chi connectivity index (χ1v) is 5.24. The van der Waals surface area contributed by atoms with Crippen LogP contribution in [0.15, 0.2) is 28.7 Å². The van der Waals surface area contributed by atoms with Gasteiger partial charge in [0, 0.05) is 6.20 Å². The van der Waals surface area contributed by atoms with Gasteiger partial charge in [-0.15, -0.1) is 0 Å². The lowest BCUT2D eigenvalue weighted by molar-refractivity contribution is -0.481. The summed E-state index contributed by atoms with van der Waals surface area (Å²) < 4.78 is 1.67. The summed E-state index contributed by atoms with van der Waals surface area (Å²) in [5.41, 5.74) is 0.726. The zero-order valence-corrected chi connectivity index (χ0v) is 10.4. The van der Waals surface area contributed by atoms with E-state index in [1.54, 1.807) is 20.3 Å². The lowest BCUT2D eigenvalue weighted by atomic mass is 10.4. The minimum atomic E-state index is -0.148. The third kappa shape index (κ3) is 1.96. The molecule has 0 bridgehead atoms. The van der Waals surface area contributed by atoms with Gasteiger partial charge in [0.15, 0.2) is 5.69 Å². The lowest BCUT2D eigenvalue weighted by Crippen LogP contribution is -2.46. The SMILES string of the molecule is CNC(O[N+]1(C)N=Nc2cccnc21)=[N+](C)C. The fourth-order valence-electron chi connectivity index (χ4n) is 1.54. The van der Waals surface area contributed by atoms with Crippen LogP contribution in [0.4, 0.5) is 11.5 Å². The minimum absolute atomic E-state index is 0.148. The van der Waals surface area contributed by atoms with Crippen molar-refractivity contribution in [2.45, 2.75) is 0 Å². The second-order valence-corrected chi connectivity index (χ2v) is 3.96. The van der Waals surface area contributed by atoms with Gasteiger partial charge in [-0.2, -0.15) is 9.82 Å². The topological polar surface area (TPSA) is 61.9 Å². The quantitative estimate of drug-likeness (QED) is 0.340. The van der Waals surface area contributed by atoms with Crippen molar-refractivity contribution < 1.29 is 9.41 Å². The molecule has 1 atom stereocenters. The highest BCUT2D eigenvalue weighted by molar-refractivity contribution is 5.69. The molecule has 1 N–H and O–H groups in total. The Balaban J connectivity index is 2.35. The number of nitrogens with zero attached hydrogens (tertiary/aromatic N) is 5. The molecule has 1 aromatic rings. The van der Waals surface area contributed by atoms with E-state index in [2.05, 4.69) is 20.6 Å². The summed E-state index contributed by atoms with van der Waals surface area (Å²) >= 11 is 0. The smallest absolute Gasteiger partial charge is 0.240 e. The number of rotatable bonds is 1. The number of fused-ring (bicyclic) bond motifs is 1. The van der Waals surface area contributed by atoms with Crippen molar-refractivity contribution in [1.82, 2.24) is 15.1 Å². The second-order valence-electron chi connectivity index (χ2n) is 3.96. The molecule has 7 nitrogen and oxygen atoms in total. The Morgan fingerprint density at radius 1 is 1.47 bits per heavy atom. The van der Waals surface area contributed by atoms with Gasteiger partial charge in [-0.3, -0.25) is 0 Å². The summed E-state index contributed by atoms with van der Waals surface area (Å²) in [5.74, 6) is 0.669. The van der Waals surface area contributed by atoms with Gasteiger partial charge in [-0.1, -0.05) is 5.11 Å². The molecule has 1 aromatic heterocycles. The maximum Gasteiger partial charge on any atom is 0.497 e. The third-order valence-corrected chi connectivity index (χ3v) is 2.37. The molecule has 0 aromatic carbocycles. The molecule has 17 heavy (non-hydrogen) atoms. The molecule has 2 heterocycles. The summed E-state index contributed by atoms with van der Waals surface area (Å²) in [6.07, 6.45) is 1.70. The zero-order chi connectivity index (χ0) is 12.5. The Morgan fingerprint density at radius 2 is 2.24 bits per heavy atom. The van der Waals surface area contributed by atoms with E-state index < -0.39 is 0 Å². The van der Waals surface area contributed by atoms with Crippen LogP contribution in [0.5, 0.6) is 0 Å². The maximum absolute atomic E-state index is 5.78. The molecular formula is C10H16N6O+2. The first-order chi connectivity index (χ1) is 8.07. The third-order valence-electron chi connectivity index (χ3n) is 2.37. The van der Waals surface area contributed by atoms with E-state index in [4.69, 9.17) is 4.84 Å². The summed E-state index contributed by atoms with van der Waals surface area (Å²) in [6.45, 7) is 0. The van der Waals surface area contributed by atoms with Crippen LogP contribution < -0.4 is 10.1 Å². The fourth-order valence-corrected chi connectivity index (χ4v) is 1.54. The van der Waals surface area contributed by atoms with Crippen LogP contribution in [-0.4, -0.2) is 43.8 Å². The van der Waals surface area contributed by atoms with Crippen molar-refractivity contribution in [1.29, 1.82) is 0 Å². The number of amidine groups is 1. The largest absolute Gasteiger partial charge is 0.497 e. The predicted octanol–water partition coefficient (Wildman–Crippen LogP) is 0.810. The Labute approximate surface area is 99.6 Å². The number of aromatic nitrogens is 1. The van der Waals surface area contributed by atoms with Gasteiger partial charge in [0.05, 0.1) is 31.1 Å². The Hall–Kier alpha value is -2.02. The van der Waals surface area contributed by atoms with Crippen molar-refractivity contribution in [2.24, 2.45) is 10.3 Å². The molecule has 0 aliphatic carbocycles.